The largest absolute Gasteiger partial charge is 0.491 e. The molecule has 0 aliphatic carbocycles. The highest BCUT2D eigenvalue weighted by molar-refractivity contribution is 5.29. The molecule has 4 nitrogen and oxygen atoms in total. The van der Waals surface area contributed by atoms with Gasteiger partial charge in [0.1, 0.15) is 5.75 Å². The van der Waals surface area contributed by atoms with Gasteiger partial charge in [0.05, 0.1) is 11.7 Å². The van der Waals surface area contributed by atoms with Gasteiger partial charge in [-0.1, -0.05) is 12.1 Å². The van der Waals surface area contributed by atoms with Crippen molar-refractivity contribution in [1.29, 1.82) is 0 Å². The summed E-state index contributed by atoms with van der Waals surface area (Å²) in [5, 5.41) is 3.54. The molecule has 1 aromatic rings. The molecule has 118 valence electrons. The van der Waals surface area contributed by atoms with E-state index >= 15 is 0 Å². The average Bonchev–Trinajstić information content (AvgIpc) is 2.88. The SMILES string of the molecule is CC(C)Oc1ccc(C(CN)NCC2(C)CCCO2)cc1. The average molecular weight is 292 g/mol. The van der Waals surface area contributed by atoms with Gasteiger partial charge >= 0.3 is 0 Å². The van der Waals surface area contributed by atoms with Gasteiger partial charge in [-0.2, -0.15) is 0 Å². The molecule has 21 heavy (non-hydrogen) atoms. The quantitative estimate of drug-likeness (QED) is 0.811. The van der Waals surface area contributed by atoms with Crippen LogP contribution in [0, 0.1) is 0 Å². The normalized spacial score (nSPS) is 23.5. The summed E-state index contributed by atoms with van der Waals surface area (Å²) in [4.78, 5) is 0. The van der Waals surface area contributed by atoms with Crippen LogP contribution in [0.5, 0.6) is 5.75 Å². The fraction of sp³-hybridized carbons (Fsp3) is 0.647. The van der Waals surface area contributed by atoms with Crippen molar-refractivity contribution < 1.29 is 9.47 Å². The summed E-state index contributed by atoms with van der Waals surface area (Å²) in [5.74, 6) is 0.899. The van der Waals surface area contributed by atoms with Crippen LogP contribution in [0.2, 0.25) is 0 Å². The monoisotopic (exact) mass is 292 g/mol. The van der Waals surface area contributed by atoms with E-state index in [1.54, 1.807) is 0 Å². The molecule has 0 bridgehead atoms. The summed E-state index contributed by atoms with van der Waals surface area (Å²) >= 11 is 0. The van der Waals surface area contributed by atoms with Gasteiger partial charge in [-0.15, -0.1) is 0 Å². The van der Waals surface area contributed by atoms with Crippen molar-refractivity contribution in [2.45, 2.75) is 51.4 Å². The highest BCUT2D eigenvalue weighted by Gasteiger charge is 2.30. The standard InChI is InChI=1S/C17H28N2O2/c1-13(2)21-15-7-5-14(6-8-15)16(11-18)19-12-17(3)9-4-10-20-17/h5-8,13,16,19H,4,9-12,18H2,1-3H3. The first-order valence-electron chi connectivity index (χ1n) is 7.86. The predicted octanol–water partition coefficient (Wildman–Crippen LogP) is 2.63. The summed E-state index contributed by atoms with van der Waals surface area (Å²) < 4.78 is 11.5. The smallest absolute Gasteiger partial charge is 0.119 e. The number of nitrogens with one attached hydrogen (secondary N) is 1. The van der Waals surface area contributed by atoms with Crippen molar-refractivity contribution in [2.24, 2.45) is 5.73 Å². The summed E-state index contributed by atoms with van der Waals surface area (Å²) in [6, 6.07) is 8.33. The number of ether oxygens (including phenoxy) is 2. The van der Waals surface area contributed by atoms with Gasteiger partial charge in [0.15, 0.2) is 0 Å². The molecule has 1 saturated heterocycles. The van der Waals surface area contributed by atoms with E-state index in [1.807, 2.05) is 26.0 Å². The number of hydrogen-bond donors (Lipinski definition) is 2. The topological polar surface area (TPSA) is 56.5 Å². The van der Waals surface area contributed by atoms with E-state index in [-0.39, 0.29) is 17.7 Å². The Morgan fingerprint density at radius 1 is 1.33 bits per heavy atom. The third-order valence-corrected chi connectivity index (χ3v) is 3.91. The summed E-state index contributed by atoms with van der Waals surface area (Å²) in [5.41, 5.74) is 7.06. The molecule has 2 rings (SSSR count). The molecule has 1 aliphatic rings. The van der Waals surface area contributed by atoms with Crippen molar-refractivity contribution in [3.8, 4) is 5.75 Å². The minimum atomic E-state index is -0.0475. The lowest BCUT2D eigenvalue weighted by atomic mass is 10.0. The zero-order chi connectivity index (χ0) is 15.3. The molecule has 1 aliphatic heterocycles. The minimum Gasteiger partial charge on any atom is -0.491 e. The van der Waals surface area contributed by atoms with Crippen LogP contribution >= 0.6 is 0 Å². The summed E-state index contributed by atoms with van der Waals surface area (Å²) in [6.45, 7) is 8.49. The van der Waals surface area contributed by atoms with Gasteiger partial charge in [-0.3, -0.25) is 0 Å². The van der Waals surface area contributed by atoms with E-state index in [1.165, 1.54) is 5.56 Å². The number of hydrogen-bond acceptors (Lipinski definition) is 4. The second-order valence-electron chi connectivity index (χ2n) is 6.31. The van der Waals surface area contributed by atoms with E-state index in [0.29, 0.717) is 6.54 Å². The Kier molecular flexibility index (Phi) is 5.62. The first-order valence-corrected chi connectivity index (χ1v) is 7.86. The molecule has 0 spiro atoms. The zero-order valence-electron chi connectivity index (χ0n) is 13.4. The Balaban J connectivity index is 1.93. The van der Waals surface area contributed by atoms with Crippen LogP contribution in [0.3, 0.4) is 0 Å². The number of rotatable bonds is 7. The molecule has 2 unspecified atom stereocenters. The third-order valence-electron chi connectivity index (χ3n) is 3.91. The van der Waals surface area contributed by atoms with Crippen molar-refractivity contribution in [2.75, 3.05) is 19.7 Å². The van der Waals surface area contributed by atoms with Gasteiger partial charge in [0.2, 0.25) is 0 Å². The van der Waals surface area contributed by atoms with Gasteiger partial charge in [0.25, 0.3) is 0 Å². The maximum atomic E-state index is 5.92. The van der Waals surface area contributed by atoms with E-state index in [0.717, 1.165) is 31.7 Å². The Morgan fingerprint density at radius 2 is 2.05 bits per heavy atom. The summed E-state index contributed by atoms with van der Waals surface area (Å²) in [6.07, 6.45) is 2.45. The van der Waals surface area contributed by atoms with Crippen LogP contribution in [0.4, 0.5) is 0 Å². The maximum Gasteiger partial charge on any atom is 0.119 e. The molecule has 3 N–H and O–H groups in total. The van der Waals surface area contributed by atoms with Crippen molar-refractivity contribution in [3.05, 3.63) is 29.8 Å². The van der Waals surface area contributed by atoms with E-state index in [4.69, 9.17) is 15.2 Å². The molecule has 1 aromatic carbocycles. The van der Waals surface area contributed by atoms with Crippen LogP contribution in [-0.2, 0) is 4.74 Å². The first kappa shape index (κ1) is 16.3. The van der Waals surface area contributed by atoms with Crippen LogP contribution in [0.25, 0.3) is 0 Å². The molecule has 0 saturated carbocycles. The maximum absolute atomic E-state index is 5.92. The van der Waals surface area contributed by atoms with Gasteiger partial charge in [-0.25, -0.2) is 0 Å². The Bertz CT molecular complexity index is 425. The molecule has 2 atom stereocenters. The Labute approximate surface area is 128 Å². The highest BCUT2D eigenvalue weighted by Crippen LogP contribution is 2.25. The lowest BCUT2D eigenvalue weighted by Crippen LogP contribution is -2.40. The van der Waals surface area contributed by atoms with E-state index in [2.05, 4.69) is 24.4 Å². The van der Waals surface area contributed by atoms with Crippen LogP contribution in [0.15, 0.2) is 24.3 Å². The Morgan fingerprint density at radius 3 is 2.57 bits per heavy atom. The van der Waals surface area contributed by atoms with Crippen molar-refractivity contribution >= 4 is 0 Å². The number of benzene rings is 1. The minimum absolute atomic E-state index is 0.0475. The van der Waals surface area contributed by atoms with Gasteiger partial charge in [-0.05, 0) is 51.3 Å². The molecule has 1 fully saturated rings. The lowest BCUT2D eigenvalue weighted by molar-refractivity contribution is 0.0189. The second kappa shape index (κ2) is 7.25. The molecular formula is C17H28N2O2. The molecule has 0 aromatic heterocycles. The first-order chi connectivity index (χ1) is 10.0. The molecule has 4 heteroatoms. The van der Waals surface area contributed by atoms with Gasteiger partial charge < -0.3 is 20.5 Å². The molecule has 0 amide bonds. The highest BCUT2D eigenvalue weighted by atomic mass is 16.5. The predicted molar refractivity (Wildman–Crippen MR) is 85.6 cm³/mol. The van der Waals surface area contributed by atoms with Crippen LogP contribution in [-0.4, -0.2) is 31.4 Å². The van der Waals surface area contributed by atoms with Crippen molar-refractivity contribution in [3.63, 3.8) is 0 Å². The molecular weight excluding hydrogens is 264 g/mol. The van der Waals surface area contributed by atoms with E-state index < -0.39 is 0 Å². The van der Waals surface area contributed by atoms with Crippen molar-refractivity contribution in [1.82, 2.24) is 5.32 Å². The summed E-state index contributed by atoms with van der Waals surface area (Å²) in [7, 11) is 0. The van der Waals surface area contributed by atoms with Gasteiger partial charge in [0, 0.05) is 25.7 Å². The second-order valence-corrected chi connectivity index (χ2v) is 6.31. The van der Waals surface area contributed by atoms with Crippen LogP contribution < -0.4 is 15.8 Å². The third kappa shape index (κ3) is 4.70. The van der Waals surface area contributed by atoms with Crippen LogP contribution in [0.1, 0.15) is 45.2 Å². The fourth-order valence-corrected chi connectivity index (χ4v) is 2.70. The Hall–Kier alpha value is -1.10. The number of nitrogens with two attached hydrogens (primary N) is 1. The lowest BCUT2D eigenvalue weighted by Gasteiger charge is -2.27. The van der Waals surface area contributed by atoms with E-state index in [9.17, 15) is 0 Å². The fourth-order valence-electron chi connectivity index (χ4n) is 2.70. The zero-order valence-corrected chi connectivity index (χ0v) is 13.4. The molecule has 1 heterocycles. The molecule has 0 radical (unpaired) electrons.